The molecular weight excluding hydrogens is 258 g/mol. The fourth-order valence-corrected chi connectivity index (χ4v) is 5.60. The number of nitrogens with one attached hydrogen (secondary N) is 1. The van der Waals surface area contributed by atoms with Crippen molar-refractivity contribution < 1.29 is 8.42 Å². The van der Waals surface area contributed by atoms with Gasteiger partial charge >= 0.3 is 0 Å². The molecule has 0 radical (unpaired) electrons. The highest BCUT2D eigenvalue weighted by Gasteiger charge is 2.41. The van der Waals surface area contributed by atoms with Crippen LogP contribution in [0.25, 0.3) is 0 Å². The average molecular weight is 279 g/mol. The fraction of sp³-hybridized carbons (Fsp3) is 0.600. The average Bonchev–Trinajstić information content (AvgIpc) is 2.91. The SMILES string of the molecule is CCNC1c2ccccc2CC1C1CCS(=O)(=O)C1. The van der Waals surface area contributed by atoms with Gasteiger partial charge in [0.1, 0.15) is 0 Å². The molecule has 3 atom stereocenters. The van der Waals surface area contributed by atoms with E-state index in [0.717, 1.165) is 19.4 Å². The van der Waals surface area contributed by atoms with Crippen LogP contribution in [-0.2, 0) is 16.3 Å². The number of benzene rings is 1. The van der Waals surface area contributed by atoms with Crippen molar-refractivity contribution in [3.63, 3.8) is 0 Å². The van der Waals surface area contributed by atoms with Gasteiger partial charge in [0.15, 0.2) is 9.84 Å². The van der Waals surface area contributed by atoms with Gasteiger partial charge in [-0.2, -0.15) is 0 Å². The van der Waals surface area contributed by atoms with Crippen LogP contribution < -0.4 is 5.32 Å². The van der Waals surface area contributed by atoms with E-state index >= 15 is 0 Å². The Bertz CT molecular complexity index is 567. The van der Waals surface area contributed by atoms with Crippen molar-refractivity contribution in [2.75, 3.05) is 18.1 Å². The van der Waals surface area contributed by atoms with Gasteiger partial charge in [-0.3, -0.25) is 0 Å². The van der Waals surface area contributed by atoms with Gasteiger partial charge in [-0.25, -0.2) is 8.42 Å². The van der Waals surface area contributed by atoms with Crippen molar-refractivity contribution in [1.82, 2.24) is 5.32 Å². The quantitative estimate of drug-likeness (QED) is 0.920. The molecule has 19 heavy (non-hydrogen) atoms. The van der Waals surface area contributed by atoms with Crippen LogP contribution in [0.15, 0.2) is 24.3 Å². The van der Waals surface area contributed by atoms with Gasteiger partial charge in [0.25, 0.3) is 0 Å². The largest absolute Gasteiger partial charge is 0.310 e. The molecule has 1 aromatic carbocycles. The molecule has 1 aliphatic carbocycles. The lowest BCUT2D eigenvalue weighted by Crippen LogP contribution is -2.30. The number of fused-ring (bicyclic) bond motifs is 1. The second-order valence-corrected chi connectivity index (χ2v) is 7.99. The highest BCUT2D eigenvalue weighted by Crippen LogP contribution is 2.43. The first-order valence-electron chi connectivity index (χ1n) is 7.12. The summed E-state index contributed by atoms with van der Waals surface area (Å²) in [5.41, 5.74) is 2.77. The number of hydrogen-bond donors (Lipinski definition) is 1. The van der Waals surface area contributed by atoms with Crippen molar-refractivity contribution >= 4 is 9.84 Å². The minimum atomic E-state index is -2.79. The normalized spacial score (nSPS) is 32.4. The van der Waals surface area contributed by atoms with Gasteiger partial charge in [0, 0.05) is 6.04 Å². The van der Waals surface area contributed by atoms with E-state index in [-0.39, 0.29) is 0 Å². The van der Waals surface area contributed by atoms with Crippen LogP contribution in [0.1, 0.15) is 30.5 Å². The standard InChI is InChI=1S/C15H21NO2S/c1-2-16-15-13-6-4-3-5-11(13)9-14(15)12-7-8-19(17,18)10-12/h3-6,12,14-16H,2,7-10H2,1H3. The third-order valence-corrected chi connectivity index (χ3v) is 6.36. The Morgan fingerprint density at radius 2 is 2.11 bits per heavy atom. The van der Waals surface area contributed by atoms with E-state index in [9.17, 15) is 8.42 Å². The van der Waals surface area contributed by atoms with Gasteiger partial charge in [0.2, 0.25) is 0 Å². The van der Waals surface area contributed by atoms with Crippen molar-refractivity contribution in [1.29, 1.82) is 0 Å². The molecule has 1 aliphatic heterocycles. The minimum absolute atomic E-state index is 0.321. The Kier molecular flexibility index (Phi) is 3.39. The van der Waals surface area contributed by atoms with Crippen molar-refractivity contribution in [3.05, 3.63) is 35.4 Å². The second kappa shape index (κ2) is 4.91. The highest BCUT2D eigenvalue weighted by atomic mass is 32.2. The number of rotatable bonds is 3. The van der Waals surface area contributed by atoms with Gasteiger partial charge < -0.3 is 5.32 Å². The molecule has 0 bridgehead atoms. The summed E-state index contributed by atoms with van der Waals surface area (Å²) in [6.07, 6.45) is 1.86. The third-order valence-electron chi connectivity index (χ3n) is 4.57. The van der Waals surface area contributed by atoms with E-state index < -0.39 is 9.84 Å². The molecular formula is C15H21NO2S. The molecule has 3 nitrogen and oxygen atoms in total. The van der Waals surface area contributed by atoms with Crippen LogP contribution in [0.2, 0.25) is 0 Å². The Morgan fingerprint density at radius 1 is 1.32 bits per heavy atom. The molecule has 1 fully saturated rings. The molecule has 3 rings (SSSR count). The Morgan fingerprint density at radius 3 is 2.79 bits per heavy atom. The lowest BCUT2D eigenvalue weighted by Gasteiger charge is -2.26. The van der Waals surface area contributed by atoms with Gasteiger partial charge in [-0.15, -0.1) is 0 Å². The van der Waals surface area contributed by atoms with E-state index in [2.05, 4.69) is 36.5 Å². The molecule has 0 spiro atoms. The predicted molar refractivity (Wildman–Crippen MR) is 76.8 cm³/mol. The summed E-state index contributed by atoms with van der Waals surface area (Å²) in [7, 11) is -2.79. The van der Waals surface area contributed by atoms with E-state index in [0.29, 0.717) is 29.4 Å². The summed E-state index contributed by atoms with van der Waals surface area (Å²) in [6, 6.07) is 8.86. The molecule has 0 saturated carbocycles. The number of hydrogen-bond acceptors (Lipinski definition) is 3. The van der Waals surface area contributed by atoms with Crippen LogP contribution in [0.3, 0.4) is 0 Å². The van der Waals surface area contributed by atoms with Crippen molar-refractivity contribution in [2.24, 2.45) is 11.8 Å². The minimum Gasteiger partial charge on any atom is -0.310 e. The van der Waals surface area contributed by atoms with E-state index in [1.165, 1.54) is 11.1 Å². The first kappa shape index (κ1) is 13.1. The third kappa shape index (κ3) is 2.43. The molecule has 3 unspecified atom stereocenters. The number of sulfone groups is 1. The fourth-order valence-electron chi connectivity index (χ4n) is 3.71. The predicted octanol–water partition coefficient (Wildman–Crippen LogP) is 1.94. The van der Waals surface area contributed by atoms with Gasteiger partial charge in [-0.1, -0.05) is 31.2 Å². The zero-order valence-corrected chi connectivity index (χ0v) is 12.1. The summed E-state index contributed by atoms with van der Waals surface area (Å²) in [6.45, 7) is 3.04. The summed E-state index contributed by atoms with van der Waals surface area (Å²) in [5.74, 6) is 1.52. The molecule has 1 heterocycles. The second-order valence-electron chi connectivity index (χ2n) is 5.77. The van der Waals surface area contributed by atoms with E-state index in [1.54, 1.807) is 0 Å². The molecule has 1 saturated heterocycles. The van der Waals surface area contributed by atoms with E-state index in [4.69, 9.17) is 0 Å². The van der Waals surface area contributed by atoms with Gasteiger partial charge in [-0.05, 0) is 42.3 Å². The lowest BCUT2D eigenvalue weighted by molar-refractivity contribution is 0.292. The monoisotopic (exact) mass is 279 g/mol. The summed E-state index contributed by atoms with van der Waals surface area (Å²) < 4.78 is 23.4. The van der Waals surface area contributed by atoms with Crippen LogP contribution in [0, 0.1) is 11.8 Å². The molecule has 2 aliphatic rings. The Hall–Kier alpha value is -0.870. The molecule has 0 aromatic heterocycles. The molecule has 1 N–H and O–H groups in total. The van der Waals surface area contributed by atoms with Crippen LogP contribution in [-0.4, -0.2) is 26.5 Å². The molecule has 4 heteroatoms. The maximum atomic E-state index is 11.7. The van der Waals surface area contributed by atoms with Crippen LogP contribution in [0.5, 0.6) is 0 Å². The highest BCUT2D eigenvalue weighted by molar-refractivity contribution is 7.91. The first-order valence-corrected chi connectivity index (χ1v) is 8.94. The maximum Gasteiger partial charge on any atom is 0.150 e. The van der Waals surface area contributed by atoms with Crippen LogP contribution in [0.4, 0.5) is 0 Å². The molecule has 104 valence electrons. The smallest absolute Gasteiger partial charge is 0.150 e. The van der Waals surface area contributed by atoms with Crippen molar-refractivity contribution in [3.8, 4) is 0 Å². The summed E-state index contributed by atoms with van der Waals surface area (Å²) in [4.78, 5) is 0. The topological polar surface area (TPSA) is 46.2 Å². The first-order chi connectivity index (χ1) is 9.11. The molecule has 0 amide bonds. The Balaban J connectivity index is 1.87. The van der Waals surface area contributed by atoms with Gasteiger partial charge in [0.05, 0.1) is 11.5 Å². The van der Waals surface area contributed by atoms with Crippen LogP contribution >= 0.6 is 0 Å². The maximum absolute atomic E-state index is 11.7. The zero-order chi connectivity index (χ0) is 13.5. The Labute approximate surface area is 115 Å². The zero-order valence-electron chi connectivity index (χ0n) is 11.3. The van der Waals surface area contributed by atoms with E-state index in [1.807, 2.05) is 0 Å². The van der Waals surface area contributed by atoms with Crippen molar-refractivity contribution in [2.45, 2.75) is 25.8 Å². The summed E-state index contributed by atoms with van der Waals surface area (Å²) >= 11 is 0. The molecule has 1 aromatic rings. The summed E-state index contributed by atoms with van der Waals surface area (Å²) in [5, 5.41) is 3.56. The lowest BCUT2D eigenvalue weighted by atomic mass is 9.86.